The lowest BCUT2D eigenvalue weighted by atomic mass is 10.5. The number of hydrogen-bond acceptors (Lipinski definition) is 4. The molecule has 0 aromatic rings. The number of hydrazine groups is 1. The Morgan fingerprint density at radius 2 is 2.56 bits per heavy atom. The quantitative estimate of drug-likeness (QED) is 0.523. The Labute approximate surface area is 54.9 Å². The van der Waals surface area contributed by atoms with Crippen molar-refractivity contribution in [3.8, 4) is 0 Å². The van der Waals surface area contributed by atoms with Crippen LogP contribution < -0.4 is 5.84 Å². The number of hydrazone groups is 1. The molecule has 52 valence electrons. The topological polar surface area (TPSA) is 44.9 Å². The van der Waals surface area contributed by atoms with Crippen LogP contribution in [0.5, 0.6) is 0 Å². The Kier molecular flexibility index (Phi) is 1.89. The van der Waals surface area contributed by atoms with Crippen LogP contribution in [0.3, 0.4) is 0 Å². The zero-order valence-corrected chi connectivity index (χ0v) is 5.62. The zero-order chi connectivity index (χ0) is 6.69. The molecule has 1 heterocycles. The van der Waals surface area contributed by atoms with Crippen LogP contribution in [0.1, 0.15) is 13.3 Å². The molecule has 2 N–H and O–H groups in total. The normalized spacial score (nSPS) is 17.6. The standard InChI is InChI=1S/C5H12N4/c1-2-3-9-5-8(6)4-7-9/h4H,2-3,5-6H2,1H3. The Bertz CT molecular complexity index is 112. The maximum atomic E-state index is 5.40. The van der Waals surface area contributed by atoms with E-state index < -0.39 is 0 Å². The van der Waals surface area contributed by atoms with Crippen molar-refractivity contribution in [3.05, 3.63) is 0 Å². The van der Waals surface area contributed by atoms with Crippen molar-refractivity contribution in [2.75, 3.05) is 13.2 Å². The van der Waals surface area contributed by atoms with Crippen LogP contribution in [0.15, 0.2) is 5.10 Å². The minimum Gasteiger partial charge on any atom is -0.278 e. The van der Waals surface area contributed by atoms with Crippen LogP contribution in [0.2, 0.25) is 0 Å². The average molecular weight is 128 g/mol. The highest BCUT2D eigenvalue weighted by Crippen LogP contribution is 1.97. The minimum absolute atomic E-state index is 0.730. The molecule has 0 unspecified atom stereocenters. The van der Waals surface area contributed by atoms with E-state index >= 15 is 0 Å². The van der Waals surface area contributed by atoms with Crippen molar-refractivity contribution in [3.63, 3.8) is 0 Å². The van der Waals surface area contributed by atoms with E-state index in [4.69, 9.17) is 5.84 Å². The van der Waals surface area contributed by atoms with Crippen molar-refractivity contribution >= 4 is 6.34 Å². The number of nitrogens with two attached hydrogens (primary N) is 1. The van der Waals surface area contributed by atoms with E-state index in [1.165, 1.54) is 0 Å². The second kappa shape index (κ2) is 2.68. The molecule has 0 saturated carbocycles. The molecule has 4 heteroatoms. The van der Waals surface area contributed by atoms with Crippen molar-refractivity contribution in [2.24, 2.45) is 10.9 Å². The van der Waals surface area contributed by atoms with E-state index in [1.54, 1.807) is 11.3 Å². The Hall–Kier alpha value is -0.770. The monoisotopic (exact) mass is 128 g/mol. The summed E-state index contributed by atoms with van der Waals surface area (Å²) in [5, 5.41) is 7.51. The Balaban J connectivity index is 2.24. The fourth-order valence-electron chi connectivity index (χ4n) is 0.787. The van der Waals surface area contributed by atoms with E-state index in [0.29, 0.717) is 0 Å². The van der Waals surface area contributed by atoms with Gasteiger partial charge in [0.1, 0.15) is 13.0 Å². The molecule has 1 aliphatic rings. The highest BCUT2D eigenvalue weighted by molar-refractivity contribution is 5.54. The highest BCUT2D eigenvalue weighted by atomic mass is 15.6. The van der Waals surface area contributed by atoms with Gasteiger partial charge in [0.15, 0.2) is 0 Å². The lowest BCUT2D eigenvalue weighted by molar-refractivity contribution is 0.238. The highest BCUT2D eigenvalue weighted by Gasteiger charge is 2.07. The summed E-state index contributed by atoms with van der Waals surface area (Å²) in [7, 11) is 0. The van der Waals surface area contributed by atoms with Crippen molar-refractivity contribution < 1.29 is 0 Å². The molecule has 0 saturated heterocycles. The summed E-state index contributed by atoms with van der Waals surface area (Å²) in [6, 6.07) is 0. The van der Waals surface area contributed by atoms with Crippen molar-refractivity contribution in [2.45, 2.75) is 13.3 Å². The molecule has 0 aliphatic carbocycles. The fraction of sp³-hybridized carbons (Fsp3) is 0.800. The second-order valence-electron chi connectivity index (χ2n) is 2.12. The van der Waals surface area contributed by atoms with Gasteiger partial charge in [-0.05, 0) is 6.42 Å². The third-order valence-electron chi connectivity index (χ3n) is 1.17. The van der Waals surface area contributed by atoms with Gasteiger partial charge in [0.25, 0.3) is 0 Å². The van der Waals surface area contributed by atoms with Crippen LogP contribution in [0.4, 0.5) is 0 Å². The van der Waals surface area contributed by atoms with Gasteiger partial charge in [-0.2, -0.15) is 5.10 Å². The summed E-state index contributed by atoms with van der Waals surface area (Å²) in [5.74, 6) is 5.40. The molecule has 0 bridgehead atoms. The van der Waals surface area contributed by atoms with E-state index in [2.05, 4.69) is 12.0 Å². The van der Waals surface area contributed by atoms with Crippen LogP contribution in [-0.4, -0.2) is 29.6 Å². The van der Waals surface area contributed by atoms with E-state index in [1.807, 2.05) is 5.01 Å². The van der Waals surface area contributed by atoms with Crippen LogP contribution in [0, 0.1) is 0 Å². The first kappa shape index (κ1) is 6.35. The molecule has 1 aliphatic heterocycles. The van der Waals surface area contributed by atoms with Gasteiger partial charge in [0, 0.05) is 6.54 Å². The number of hydrogen-bond donors (Lipinski definition) is 1. The predicted octanol–water partition coefficient (Wildman–Crippen LogP) is -0.211. The second-order valence-corrected chi connectivity index (χ2v) is 2.12. The van der Waals surface area contributed by atoms with Gasteiger partial charge in [-0.3, -0.25) is 10.0 Å². The first-order valence-electron chi connectivity index (χ1n) is 3.13. The first-order valence-corrected chi connectivity index (χ1v) is 3.13. The molecule has 0 fully saturated rings. The first-order chi connectivity index (χ1) is 4.33. The molecule has 4 nitrogen and oxygen atoms in total. The lowest BCUT2D eigenvalue weighted by Crippen LogP contribution is -2.32. The molecular formula is C5H12N4. The van der Waals surface area contributed by atoms with Crippen LogP contribution >= 0.6 is 0 Å². The smallest absolute Gasteiger partial charge is 0.127 e. The third kappa shape index (κ3) is 1.57. The molecule has 9 heavy (non-hydrogen) atoms. The molecule has 0 aromatic heterocycles. The van der Waals surface area contributed by atoms with Gasteiger partial charge in [-0.25, -0.2) is 5.84 Å². The van der Waals surface area contributed by atoms with Gasteiger partial charge in [-0.1, -0.05) is 6.92 Å². The maximum Gasteiger partial charge on any atom is 0.127 e. The summed E-state index contributed by atoms with van der Waals surface area (Å²) in [6.07, 6.45) is 2.75. The van der Waals surface area contributed by atoms with E-state index in [-0.39, 0.29) is 0 Å². The molecule has 0 aromatic carbocycles. The molecule has 0 radical (unpaired) electrons. The molecule has 0 amide bonds. The molecular weight excluding hydrogens is 116 g/mol. The largest absolute Gasteiger partial charge is 0.278 e. The van der Waals surface area contributed by atoms with Crippen molar-refractivity contribution in [1.82, 2.24) is 10.0 Å². The number of nitrogens with zero attached hydrogens (tertiary/aromatic N) is 3. The number of rotatable bonds is 2. The average Bonchev–Trinajstić information content (AvgIpc) is 2.17. The van der Waals surface area contributed by atoms with Crippen molar-refractivity contribution in [1.29, 1.82) is 0 Å². The maximum absolute atomic E-state index is 5.40. The van der Waals surface area contributed by atoms with Crippen LogP contribution in [-0.2, 0) is 0 Å². The zero-order valence-electron chi connectivity index (χ0n) is 5.62. The van der Waals surface area contributed by atoms with Gasteiger partial charge in [0.2, 0.25) is 0 Å². The summed E-state index contributed by atoms with van der Waals surface area (Å²) in [6.45, 7) is 3.84. The SMILES string of the molecule is CCCN1CN(N)C=N1. The summed E-state index contributed by atoms with van der Waals surface area (Å²) in [4.78, 5) is 0. The minimum atomic E-state index is 0.730. The summed E-state index contributed by atoms with van der Waals surface area (Å²) in [5.41, 5.74) is 0. The van der Waals surface area contributed by atoms with E-state index in [0.717, 1.165) is 19.6 Å². The third-order valence-corrected chi connectivity index (χ3v) is 1.17. The van der Waals surface area contributed by atoms with Gasteiger partial charge < -0.3 is 0 Å². The lowest BCUT2D eigenvalue weighted by Gasteiger charge is -2.13. The molecule has 0 spiro atoms. The molecule has 1 rings (SSSR count). The molecule has 0 atom stereocenters. The van der Waals surface area contributed by atoms with E-state index in [9.17, 15) is 0 Å². The Morgan fingerprint density at radius 3 is 3.00 bits per heavy atom. The van der Waals surface area contributed by atoms with Crippen LogP contribution in [0.25, 0.3) is 0 Å². The van der Waals surface area contributed by atoms with Gasteiger partial charge in [0.05, 0.1) is 0 Å². The summed E-state index contributed by atoms with van der Waals surface area (Å²) < 4.78 is 0. The Morgan fingerprint density at radius 1 is 1.78 bits per heavy atom. The predicted molar refractivity (Wildman–Crippen MR) is 36.4 cm³/mol. The van der Waals surface area contributed by atoms with Gasteiger partial charge >= 0.3 is 0 Å². The summed E-state index contributed by atoms with van der Waals surface area (Å²) >= 11 is 0. The fourth-order valence-corrected chi connectivity index (χ4v) is 0.787. The van der Waals surface area contributed by atoms with Gasteiger partial charge in [-0.15, -0.1) is 0 Å².